The molecule has 39 heavy (non-hydrogen) atoms. The molecule has 3 aromatic rings. The maximum atomic E-state index is 14.0. The van der Waals surface area contributed by atoms with Gasteiger partial charge in [0, 0.05) is 56.6 Å². The van der Waals surface area contributed by atoms with E-state index in [0.717, 1.165) is 35.7 Å². The van der Waals surface area contributed by atoms with Gasteiger partial charge in [0.25, 0.3) is 0 Å². The molecule has 1 amide bonds. The van der Waals surface area contributed by atoms with Crippen molar-refractivity contribution in [1.82, 2.24) is 24.6 Å². The number of aromatic nitrogens is 4. The second-order valence-corrected chi connectivity index (χ2v) is 10.9. The molecule has 1 atom stereocenters. The normalized spacial score (nSPS) is 19.8. The van der Waals surface area contributed by atoms with Gasteiger partial charge in [-0.3, -0.25) is 9.48 Å². The number of anilines is 2. The summed E-state index contributed by atoms with van der Waals surface area (Å²) in [5.74, 6) is 1.28. The summed E-state index contributed by atoms with van der Waals surface area (Å²) >= 11 is 0. The molecule has 8 nitrogen and oxygen atoms in total. The highest BCUT2D eigenvalue weighted by atomic mass is 19.4. The van der Waals surface area contributed by atoms with Gasteiger partial charge in [-0.05, 0) is 62.4 Å². The molecular formula is C28H32F3N7O. The van der Waals surface area contributed by atoms with Crippen molar-refractivity contribution in [2.45, 2.75) is 64.3 Å². The maximum absolute atomic E-state index is 14.0. The van der Waals surface area contributed by atoms with E-state index >= 15 is 0 Å². The van der Waals surface area contributed by atoms with Crippen LogP contribution in [0.15, 0.2) is 36.8 Å². The number of nitrogens with zero attached hydrogens (tertiary/aromatic N) is 7. The number of halogens is 3. The van der Waals surface area contributed by atoms with E-state index in [-0.39, 0.29) is 18.5 Å². The molecule has 2 aromatic heterocycles. The summed E-state index contributed by atoms with van der Waals surface area (Å²) < 4.78 is 43.6. The lowest BCUT2D eigenvalue weighted by Crippen LogP contribution is -2.55. The number of hydrogen-bond acceptors (Lipinski definition) is 6. The van der Waals surface area contributed by atoms with Crippen LogP contribution in [-0.2, 0) is 30.5 Å². The van der Waals surface area contributed by atoms with E-state index in [1.807, 2.05) is 24.8 Å². The van der Waals surface area contributed by atoms with Gasteiger partial charge in [-0.1, -0.05) is 0 Å². The molecule has 1 aliphatic carbocycles. The van der Waals surface area contributed by atoms with E-state index in [4.69, 9.17) is 0 Å². The molecule has 0 bridgehead atoms. The summed E-state index contributed by atoms with van der Waals surface area (Å²) in [7, 11) is 0. The molecule has 1 saturated carbocycles. The molecule has 0 N–H and O–H groups in total. The first-order valence-electron chi connectivity index (χ1n) is 13.5. The average molecular weight is 540 g/mol. The summed E-state index contributed by atoms with van der Waals surface area (Å²) in [6.45, 7) is 6.45. The summed E-state index contributed by atoms with van der Waals surface area (Å²) in [6.07, 6.45) is 3.49. The Morgan fingerprint density at radius 3 is 2.44 bits per heavy atom. The van der Waals surface area contributed by atoms with Crippen LogP contribution in [0.2, 0.25) is 0 Å². The van der Waals surface area contributed by atoms with Gasteiger partial charge in [0.2, 0.25) is 5.91 Å². The van der Waals surface area contributed by atoms with Crippen molar-refractivity contribution >= 4 is 17.3 Å². The molecule has 2 aliphatic heterocycles. The SMILES string of the molecule is Cc1ccn(CC(=O)N2CCN(c3ccc(C(F)(F)F)c4c3CN(c3cnc(C5CC5)nc3)CC4)CC2C)n1. The minimum atomic E-state index is -4.41. The van der Waals surface area contributed by atoms with Crippen molar-refractivity contribution in [1.29, 1.82) is 0 Å². The number of piperazine rings is 1. The zero-order chi connectivity index (χ0) is 27.3. The molecule has 1 unspecified atom stereocenters. The molecule has 4 heterocycles. The monoisotopic (exact) mass is 539 g/mol. The largest absolute Gasteiger partial charge is 0.416 e. The van der Waals surface area contributed by atoms with E-state index in [1.54, 1.807) is 29.3 Å². The summed E-state index contributed by atoms with van der Waals surface area (Å²) in [5.41, 5.74) is 2.99. The van der Waals surface area contributed by atoms with Crippen LogP contribution in [-0.4, -0.2) is 62.8 Å². The van der Waals surface area contributed by atoms with Gasteiger partial charge in [-0.25, -0.2) is 9.97 Å². The Morgan fingerprint density at radius 2 is 1.79 bits per heavy atom. The van der Waals surface area contributed by atoms with E-state index in [2.05, 4.69) is 24.9 Å². The molecule has 0 radical (unpaired) electrons. The lowest BCUT2D eigenvalue weighted by atomic mass is 9.91. The smallest absolute Gasteiger partial charge is 0.367 e. The molecule has 6 rings (SSSR count). The Balaban J connectivity index is 1.24. The number of carbonyl (C=O) groups is 1. The quantitative estimate of drug-likeness (QED) is 0.485. The van der Waals surface area contributed by atoms with Crippen molar-refractivity contribution in [3.05, 3.63) is 65.0 Å². The standard InChI is InChI=1S/C28H32F3N7O/c1-18-7-10-37(34-18)17-26(39)38-12-11-36(15-19(38)2)25-6-5-24(28(29,30)31)22-8-9-35(16-23(22)25)21-13-32-27(33-14-21)20-3-4-20/h5-7,10,13-14,19-20H,3-4,8-9,11-12,15-17H2,1-2H3. The molecule has 0 spiro atoms. The number of aryl methyl sites for hydroxylation is 1. The van der Waals surface area contributed by atoms with Gasteiger partial charge in [0.1, 0.15) is 12.4 Å². The lowest BCUT2D eigenvalue weighted by Gasteiger charge is -2.43. The second-order valence-electron chi connectivity index (χ2n) is 10.9. The summed E-state index contributed by atoms with van der Waals surface area (Å²) in [4.78, 5) is 28.1. The molecule has 1 saturated heterocycles. The van der Waals surface area contributed by atoms with E-state index in [0.29, 0.717) is 56.2 Å². The Kier molecular flexibility index (Phi) is 6.47. The fourth-order valence-electron chi connectivity index (χ4n) is 5.82. The Hall–Kier alpha value is -3.63. The van der Waals surface area contributed by atoms with E-state index < -0.39 is 11.7 Å². The van der Waals surface area contributed by atoms with Crippen LogP contribution in [0.3, 0.4) is 0 Å². The van der Waals surface area contributed by atoms with Crippen molar-refractivity contribution in [3.8, 4) is 0 Å². The van der Waals surface area contributed by atoms with Gasteiger partial charge in [-0.15, -0.1) is 0 Å². The van der Waals surface area contributed by atoms with Crippen LogP contribution < -0.4 is 9.80 Å². The zero-order valence-corrected chi connectivity index (χ0v) is 22.2. The van der Waals surface area contributed by atoms with E-state index in [1.165, 1.54) is 6.07 Å². The van der Waals surface area contributed by atoms with Crippen LogP contribution in [0, 0.1) is 6.92 Å². The minimum Gasteiger partial charge on any atom is -0.367 e. The van der Waals surface area contributed by atoms with E-state index in [9.17, 15) is 18.0 Å². The van der Waals surface area contributed by atoms with Crippen molar-refractivity contribution < 1.29 is 18.0 Å². The van der Waals surface area contributed by atoms with Crippen LogP contribution in [0.25, 0.3) is 0 Å². The fourth-order valence-corrected chi connectivity index (χ4v) is 5.82. The molecule has 206 valence electrons. The predicted molar refractivity (Wildman–Crippen MR) is 141 cm³/mol. The number of rotatable bonds is 5. The zero-order valence-electron chi connectivity index (χ0n) is 22.2. The second kappa shape index (κ2) is 9.84. The lowest BCUT2D eigenvalue weighted by molar-refractivity contribution is -0.138. The first kappa shape index (κ1) is 25.6. The number of hydrogen-bond donors (Lipinski definition) is 0. The van der Waals surface area contributed by atoms with Gasteiger partial charge >= 0.3 is 6.18 Å². The fraction of sp³-hybridized carbons (Fsp3) is 0.500. The Morgan fingerprint density at radius 1 is 1.03 bits per heavy atom. The van der Waals surface area contributed by atoms with Crippen LogP contribution in [0.1, 0.15) is 53.9 Å². The number of alkyl halides is 3. The van der Waals surface area contributed by atoms with Gasteiger partial charge < -0.3 is 14.7 Å². The number of benzene rings is 1. The van der Waals surface area contributed by atoms with Gasteiger partial charge in [0.05, 0.1) is 29.3 Å². The molecule has 3 aliphatic rings. The minimum absolute atomic E-state index is 0.0134. The number of fused-ring (bicyclic) bond motifs is 1. The van der Waals surface area contributed by atoms with Gasteiger partial charge in [0.15, 0.2) is 0 Å². The highest BCUT2D eigenvalue weighted by Crippen LogP contribution is 2.41. The first-order valence-corrected chi connectivity index (χ1v) is 13.5. The summed E-state index contributed by atoms with van der Waals surface area (Å²) in [5, 5.41) is 4.31. The third-order valence-corrected chi connectivity index (χ3v) is 8.02. The highest BCUT2D eigenvalue weighted by molar-refractivity contribution is 5.77. The third kappa shape index (κ3) is 5.18. The topological polar surface area (TPSA) is 70.4 Å². The molecular weight excluding hydrogens is 507 g/mol. The molecule has 2 fully saturated rings. The highest BCUT2D eigenvalue weighted by Gasteiger charge is 2.38. The third-order valence-electron chi connectivity index (χ3n) is 8.02. The number of amides is 1. The summed E-state index contributed by atoms with van der Waals surface area (Å²) in [6, 6.07) is 4.59. The van der Waals surface area contributed by atoms with Crippen molar-refractivity contribution in [2.75, 3.05) is 36.0 Å². The average Bonchev–Trinajstić information content (AvgIpc) is 3.68. The Bertz CT molecular complexity index is 1370. The van der Waals surface area contributed by atoms with Crippen LogP contribution in [0.5, 0.6) is 0 Å². The predicted octanol–water partition coefficient (Wildman–Crippen LogP) is 4.18. The maximum Gasteiger partial charge on any atom is 0.416 e. The molecule has 1 aromatic carbocycles. The van der Waals surface area contributed by atoms with Crippen LogP contribution >= 0.6 is 0 Å². The molecule has 11 heteroatoms. The Labute approximate surface area is 225 Å². The van der Waals surface area contributed by atoms with Crippen molar-refractivity contribution in [3.63, 3.8) is 0 Å². The number of carbonyl (C=O) groups excluding carboxylic acids is 1. The first-order chi connectivity index (χ1) is 18.7. The van der Waals surface area contributed by atoms with Crippen molar-refractivity contribution in [2.24, 2.45) is 0 Å². The van der Waals surface area contributed by atoms with Crippen LogP contribution in [0.4, 0.5) is 24.5 Å². The van der Waals surface area contributed by atoms with Gasteiger partial charge in [-0.2, -0.15) is 18.3 Å².